The molecule has 4 unspecified atom stereocenters. The highest BCUT2D eigenvalue weighted by Crippen LogP contribution is 2.52. The first-order valence-electron chi connectivity index (χ1n) is 13.9. The van der Waals surface area contributed by atoms with Crippen LogP contribution in [0.25, 0.3) is 0 Å². The van der Waals surface area contributed by atoms with Crippen molar-refractivity contribution >= 4 is 17.8 Å². The van der Waals surface area contributed by atoms with Crippen molar-refractivity contribution in [3.05, 3.63) is 41.0 Å². The van der Waals surface area contributed by atoms with E-state index in [4.69, 9.17) is 9.47 Å². The predicted molar refractivity (Wildman–Crippen MR) is 139 cm³/mol. The van der Waals surface area contributed by atoms with Crippen molar-refractivity contribution in [2.24, 2.45) is 23.7 Å². The number of likely N-dealkylation sites (tertiary alicyclic amines) is 1. The highest BCUT2D eigenvalue weighted by atomic mass is 16.5. The van der Waals surface area contributed by atoms with Gasteiger partial charge in [0.2, 0.25) is 11.8 Å². The molecular weight excluding hydrogens is 454 g/mol. The van der Waals surface area contributed by atoms with E-state index in [2.05, 4.69) is 19.1 Å². The predicted octanol–water partition coefficient (Wildman–Crippen LogP) is 5.79. The van der Waals surface area contributed by atoms with Crippen molar-refractivity contribution in [1.82, 2.24) is 4.90 Å². The summed E-state index contributed by atoms with van der Waals surface area (Å²) in [4.78, 5) is 39.5. The maximum Gasteiger partial charge on any atom is 0.338 e. The third-order valence-electron chi connectivity index (χ3n) is 8.05. The molecular formula is C30H41NO5. The molecule has 4 atom stereocenters. The minimum absolute atomic E-state index is 0.00725. The Kier molecular flexibility index (Phi) is 8.86. The molecule has 36 heavy (non-hydrogen) atoms. The van der Waals surface area contributed by atoms with Gasteiger partial charge in [0.25, 0.3) is 0 Å². The zero-order valence-corrected chi connectivity index (χ0v) is 22.1. The first-order valence-corrected chi connectivity index (χ1v) is 13.9. The van der Waals surface area contributed by atoms with Gasteiger partial charge in [-0.05, 0) is 61.8 Å². The van der Waals surface area contributed by atoms with Crippen LogP contribution in [0.3, 0.4) is 0 Å². The summed E-state index contributed by atoms with van der Waals surface area (Å²) >= 11 is 0. The molecule has 1 heterocycles. The van der Waals surface area contributed by atoms with Crippen LogP contribution in [0.5, 0.6) is 5.75 Å². The molecule has 1 aliphatic heterocycles. The van der Waals surface area contributed by atoms with Crippen molar-refractivity contribution in [2.75, 3.05) is 19.8 Å². The van der Waals surface area contributed by atoms with E-state index in [1.54, 1.807) is 12.1 Å². The Bertz CT molecular complexity index is 946. The van der Waals surface area contributed by atoms with Crippen LogP contribution in [0.15, 0.2) is 24.3 Å². The highest BCUT2D eigenvalue weighted by molar-refractivity contribution is 6.06. The van der Waals surface area contributed by atoms with Gasteiger partial charge < -0.3 is 9.47 Å². The summed E-state index contributed by atoms with van der Waals surface area (Å²) in [5.41, 5.74) is 2.27. The number of carbonyl (C=O) groups is 3. The number of aryl methyl sites for hydroxylation is 2. The van der Waals surface area contributed by atoms with Gasteiger partial charge in [-0.1, -0.05) is 64.0 Å². The summed E-state index contributed by atoms with van der Waals surface area (Å²) in [6.45, 7) is 6.92. The van der Waals surface area contributed by atoms with Crippen molar-refractivity contribution in [3.63, 3.8) is 0 Å². The standard InChI is InChI=1S/C30H41NO5/c1-4-5-6-7-8-9-10-11-15-35-27-20(2)17-24(18-21(27)3)30(34)36-16-14-31-28(32)25-22-12-13-23(19-22)26(25)29(31)33/h12-13,17-18,22-23,25-26H,4-11,14-16,19H2,1-3H3. The van der Waals surface area contributed by atoms with Gasteiger partial charge in [0.15, 0.2) is 0 Å². The molecule has 1 saturated carbocycles. The lowest BCUT2D eigenvalue weighted by Crippen LogP contribution is -2.36. The minimum Gasteiger partial charge on any atom is -0.493 e. The van der Waals surface area contributed by atoms with Crippen LogP contribution >= 0.6 is 0 Å². The van der Waals surface area contributed by atoms with Crippen LogP contribution in [-0.2, 0) is 14.3 Å². The van der Waals surface area contributed by atoms with Gasteiger partial charge >= 0.3 is 5.97 Å². The molecule has 1 saturated heterocycles. The van der Waals surface area contributed by atoms with Crippen LogP contribution in [0, 0.1) is 37.5 Å². The summed E-state index contributed by atoms with van der Waals surface area (Å²) < 4.78 is 11.5. The van der Waals surface area contributed by atoms with E-state index in [1.165, 1.54) is 49.8 Å². The van der Waals surface area contributed by atoms with E-state index in [-0.39, 0.29) is 48.6 Å². The highest BCUT2D eigenvalue weighted by Gasteiger charge is 2.59. The van der Waals surface area contributed by atoms with Gasteiger partial charge in [0, 0.05) is 0 Å². The number of allylic oxidation sites excluding steroid dienone is 2. The van der Waals surface area contributed by atoms with Crippen LogP contribution in [0.1, 0.15) is 86.2 Å². The number of unbranched alkanes of at least 4 members (excludes halogenated alkanes) is 7. The first kappa shape index (κ1) is 26.4. The van der Waals surface area contributed by atoms with Crippen LogP contribution in [-0.4, -0.2) is 42.4 Å². The van der Waals surface area contributed by atoms with Gasteiger partial charge in [0.05, 0.1) is 30.6 Å². The van der Waals surface area contributed by atoms with Gasteiger partial charge in [-0.25, -0.2) is 4.79 Å². The Hall–Kier alpha value is -2.63. The molecule has 2 amide bonds. The molecule has 1 aromatic rings. The van der Waals surface area contributed by atoms with Gasteiger partial charge in [0.1, 0.15) is 12.4 Å². The number of hydrogen-bond donors (Lipinski definition) is 0. The fraction of sp³-hybridized carbons (Fsp3) is 0.633. The summed E-state index contributed by atoms with van der Waals surface area (Å²) in [5.74, 6) is 0.107. The third-order valence-corrected chi connectivity index (χ3v) is 8.05. The number of hydrogen-bond acceptors (Lipinski definition) is 5. The van der Waals surface area contributed by atoms with Crippen molar-refractivity contribution < 1.29 is 23.9 Å². The van der Waals surface area contributed by atoms with Crippen molar-refractivity contribution in [1.29, 1.82) is 0 Å². The molecule has 3 aliphatic rings. The second-order valence-electron chi connectivity index (χ2n) is 10.7. The summed E-state index contributed by atoms with van der Waals surface area (Å²) in [5, 5.41) is 0. The molecule has 0 spiro atoms. The van der Waals surface area contributed by atoms with Crippen LogP contribution < -0.4 is 4.74 Å². The SMILES string of the molecule is CCCCCCCCCCOc1c(C)cc(C(=O)OCCN2C(=O)C3C4C=CC(C4)C3C2=O)cc1C. The van der Waals surface area contributed by atoms with Gasteiger partial charge in [-0.15, -0.1) is 0 Å². The Morgan fingerprint density at radius 3 is 2.00 bits per heavy atom. The fourth-order valence-corrected chi connectivity index (χ4v) is 6.20. The third kappa shape index (κ3) is 5.68. The lowest BCUT2D eigenvalue weighted by atomic mass is 9.85. The van der Waals surface area contributed by atoms with E-state index in [9.17, 15) is 14.4 Å². The number of esters is 1. The van der Waals surface area contributed by atoms with E-state index >= 15 is 0 Å². The van der Waals surface area contributed by atoms with Gasteiger partial charge in [-0.2, -0.15) is 0 Å². The lowest BCUT2D eigenvalue weighted by molar-refractivity contribution is -0.141. The Morgan fingerprint density at radius 1 is 0.861 bits per heavy atom. The second-order valence-corrected chi connectivity index (χ2v) is 10.7. The summed E-state index contributed by atoms with van der Waals surface area (Å²) in [6.07, 6.45) is 15.1. The number of imide groups is 1. The van der Waals surface area contributed by atoms with Crippen LogP contribution in [0.2, 0.25) is 0 Å². The Balaban J connectivity index is 1.19. The number of nitrogens with zero attached hydrogens (tertiary/aromatic N) is 1. The molecule has 2 bridgehead atoms. The van der Waals surface area contributed by atoms with Crippen molar-refractivity contribution in [2.45, 2.75) is 78.6 Å². The van der Waals surface area contributed by atoms with E-state index in [0.29, 0.717) is 12.2 Å². The number of benzene rings is 1. The number of amides is 2. The smallest absolute Gasteiger partial charge is 0.338 e. The Labute approximate surface area is 215 Å². The Morgan fingerprint density at radius 2 is 1.42 bits per heavy atom. The maximum atomic E-state index is 12.8. The largest absolute Gasteiger partial charge is 0.493 e. The number of fused-ring (bicyclic) bond motifs is 5. The summed E-state index contributed by atoms with van der Waals surface area (Å²) in [7, 11) is 0. The molecule has 1 aromatic carbocycles. The van der Waals surface area contributed by atoms with E-state index in [0.717, 1.165) is 29.7 Å². The molecule has 0 N–H and O–H groups in total. The fourth-order valence-electron chi connectivity index (χ4n) is 6.20. The maximum absolute atomic E-state index is 12.8. The number of carbonyl (C=O) groups excluding carboxylic acids is 3. The topological polar surface area (TPSA) is 72.9 Å². The zero-order chi connectivity index (χ0) is 25.7. The van der Waals surface area contributed by atoms with Crippen molar-refractivity contribution in [3.8, 4) is 5.75 Å². The monoisotopic (exact) mass is 495 g/mol. The molecule has 2 fully saturated rings. The molecule has 0 radical (unpaired) electrons. The molecule has 0 aromatic heterocycles. The molecule has 2 aliphatic carbocycles. The quantitative estimate of drug-likeness (QED) is 0.141. The minimum atomic E-state index is -0.447. The number of ether oxygens (including phenoxy) is 2. The molecule has 4 rings (SSSR count). The average Bonchev–Trinajstić information content (AvgIpc) is 3.54. The van der Waals surface area contributed by atoms with E-state index in [1.807, 2.05) is 13.8 Å². The summed E-state index contributed by atoms with van der Waals surface area (Å²) in [6, 6.07) is 3.58. The normalized spacial score (nSPS) is 24.0. The molecule has 6 nitrogen and oxygen atoms in total. The lowest BCUT2D eigenvalue weighted by Gasteiger charge is -2.17. The van der Waals surface area contributed by atoms with Gasteiger partial charge in [-0.3, -0.25) is 14.5 Å². The average molecular weight is 496 g/mol. The van der Waals surface area contributed by atoms with Crippen LogP contribution in [0.4, 0.5) is 0 Å². The zero-order valence-electron chi connectivity index (χ0n) is 22.1. The first-order chi connectivity index (χ1) is 17.4. The number of rotatable bonds is 14. The molecule has 196 valence electrons. The molecule has 6 heteroatoms. The second kappa shape index (κ2) is 12.1. The van der Waals surface area contributed by atoms with E-state index < -0.39 is 5.97 Å².